The molecule has 1 N–H and O–H groups in total. The molecule has 0 aliphatic heterocycles. The number of rotatable bonds is 6. The monoisotopic (exact) mass is 360 g/mol. The quantitative estimate of drug-likeness (QED) is 0.537. The van der Waals surface area contributed by atoms with E-state index in [1.165, 1.54) is 0 Å². The molecule has 0 aliphatic rings. The van der Waals surface area contributed by atoms with Gasteiger partial charge in [-0.05, 0) is 37.6 Å². The van der Waals surface area contributed by atoms with Crippen LogP contribution in [0.2, 0.25) is 0 Å². The molecule has 138 valence electrons. The number of hydrogen-bond acceptors (Lipinski definition) is 3. The number of hydrogen-bond donors (Lipinski definition) is 1. The van der Waals surface area contributed by atoms with Crippen LogP contribution in [-0.4, -0.2) is 15.7 Å². The van der Waals surface area contributed by atoms with Crippen molar-refractivity contribution in [2.75, 3.05) is 5.01 Å². The lowest BCUT2D eigenvalue weighted by atomic mass is 10.2. The zero-order valence-corrected chi connectivity index (χ0v) is 15.9. The molecule has 1 aromatic heterocycles. The predicted octanol–water partition coefficient (Wildman–Crippen LogP) is 3.79. The molecule has 1 amide bonds. The van der Waals surface area contributed by atoms with E-state index in [-0.39, 0.29) is 5.91 Å². The van der Waals surface area contributed by atoms with Crippen molar-refractivity contribution in [3.05, 3.63) is 89.3 Å². The van der Waals surface area contributed by atoms with Crippen LogP contribution in [0, 0.1) is 13.8 Å². The Hall–Kier alpha value is -3.34. The Morgan fingerprint density at radius 3 is 2.30 bits per heavy atom. The lowest BCUT2D eigenvalue weighted by Crippen LogP contribution is -2.41. The summed E-state index contributed by atoms with van der Waals surface area (Å²) in [4.78, 5) is 12.6. The first kappa shape index (κ1) is 18.5. The van der Waals surface area contributed by atoms with Gasteiger partial charge in [0, 0.05) is 24.4 Å². The lowest BCUT2D eigenvalue weighted by molar-refractivity contribution is -0.116. The van der Waals surface area contributed by atoms with Gasteiger partial charge < -0.3 is 0 Å². The third-order valence-corrected chi connectivity index (χ3v) is 4.46. The van der Waals surface area contributed by atoms with Crippen LogP contribution in [0.25, 0.3) is 6.08 Å². The summed E-state index contributed by atoms with van der Waals surface area (Å²) >= 11 is 0. The molecule has 0 spiro atoms. The van der Waals surface area contributed by atoms with Crippen molar-refractivity contribution < 1.29 is 4.79 Å². The number of nitrogens with one attached hydrogen (secondary N) is 1. The van der Waals surface area contributed by atoms with E-state index in [4.69, 9.17) is 0 Å². The number of carbonyl (C=O) groups is 1. The maximum atomic E-state index is 12.6. The van der Waals surface area contributed by atoms with Crippen LogP contribution in [0.5, 0.6) is 0 Å². The molecular weight excluding hydrogens is 336 g/mol. The minimum atomic E-state index is -0.183. The van der Waals surface area contributed by atoms with Gasteiger partial charge in [-0.3, -0.25) is 19.9 Å². The highest BCUT2D eigenvalue weighted by atomic mass is 16.2. The first-order chi connectivity index (χ1) is 13.0. The summed E-state index contributed by atoms with van der Waals surface area (Å²) in [7, 11) is 1.90. The van der Waals surface area contributed by atoms with E-state index in [2.05, 4.69) is 10.5 Å². The number of para-hydroxylation sites is 1. The Morgan fingerprint density at radius 1 is 1.07 bits per heavy atom. The molecule has 3 rings (SSSR count). The summed E-state index contributed by atoms with van der Waals surface area (Å²) in [5.41, 5.74) is 7.93. The number of benzene rings is 2. The number of carbonyl (C=O) groups excluding carboxylic acids is 1. The van der Waals surface area contributed by atoms with Crippen LogP contribution in [0.15, 0.2) is 66.7 Å². The third kappa shape index (κ3) is 4.64. The minimum Gasteiger partial charge on any atom is -0.281 e. The SMILES string of the molecule is Cc1nn(C)c(C)c1/C=C/C(=O)NN(Cc1ccccc1)c1ccccc1. The van der Waals surface area contributed by atoms with Crippen molar-refractivity contribution in [3.8, 4) is 0 Å². The highest BCUT2D eigenvalue weighted by Crippen LogP contribution is 2.16. The zero-order valence-electron chi connectivity index (χ0n) is 15.9. The second-order valence-corrected chi connectivity index (χ2v) is 6.42. The van der Waals surface area contributed by atoms with E-state index >= 15 is 0 Å². The van der Waals surface area contributed by atoms with Gasteiger partial charge in [0.25, 0.3) is 5.91 Å². The topological polar surface area (TPSA) is 50.2 Å². The van der Waals surface area contributed by atoms with Gasteiger partial charge >= 0.3 is 0 Å². The van der Waals surface area contributed by atoms with E-state index in [0.29, 0.717) is 6.54 Å². The first-order valence-corrected chi connectivity index (χ1v) is 8.90. The van der Waals surface area contributed by atoms with Crippen molar-refractivity contribution in [3.63, 3.8) is 0 Å². The second kappa shape index (κ2) is 8.36. The Balaban J connectivity index is 1.77. The largest absolute Gasteiger partial charge is 0.281 e. The van der Waals surface area contributed by atoms with Crippen molar-refractivity contribution in [1.29, 1.82) is 0 Å². The molecule has 2 aromatic carbocycles. The molecule has 0 aliphatic carbocycles. The highest BCUT2D eigenvalue weighted by molar-refractivity contribution is 5.93. The van der Waals surface area contributed by atoms with Gasteiger partial charge in [0.05, 0.1) is 17.9 Å². The molecule has 0 bridgehead atoms. The van der Waals surface area contributed by atoms with Crippen molar-refractivity contribution in [1.82, 2.24) is 15.2 Å². The van der Waals surface area contributed by atoms with E-state index in [1.807, 2.05) is 97.3 Å². The van der Waals surface area contributed by atoms with Crippen molar-refractivity contribution >= 4 is 17.7 Å². The maximum Gasteiger partial charge on any atom is 0.262 e. The maximum absolute atomic E-state index is 12.6. The third-order valence-electron chi connectivity index (χ3n) is 4.46. The van der Waals surface area contributed by atoms with Crippen LogP contribution < -0.4 is 10.4 Å². The highest BCUT2D eigenvalue weighted by Gasteiger charge is 2.11. The van der Waals surface area contributed by atoms with Crippen LogP contribution in [0.3, 0.4) is 0 Å². The van der Waals surface area contributed by atoms with Crippen LogP contribution in [-0.2, 0) is 18.4 Å². The van der Waals surface area contributed by atoms with Crippen LogP contribution in [0.4, 0.5) is 5.69 Å². The summed E-state index contributed by atoms with van der Waals surface area (Å²) < 4.78 is 1.82. The summed E-state index contributed by atoms with van der Waals surface area (Å²) in [5.74, 6) is -0.183. The van der Waals surface area contributed by atoms with Crippen LogP contribution in [0.1, 0.15) is 22.5 Å². The van der Waals surface area contributed by atoms with Gasteiger partial charge in [0.2, 0.25) is 0 Å². The number of hydrazine groups is 1. The van der Waals surface area contributed by atoms with E-state index < -0.39 is 0 Å². The molecule has 0 fully saturated rings. The molecule has 0 radical (unpaired) electrons. The van der Waals surface area contributed by atoms with Crippen molar-refractivity contribution in [2.24, 2.45) is 7.05 Å². The second-order valence-electron chi connectivity index (χ2n) is 6.42. The molecule has 3 aromatic rings. The predicted molar refractivity (Wildman–Crippen MR) is 109 cm³/mol. The Kier molecular flexibility index (Phi) is 5.71. The van der Waals surface area contributed by atoms with Crippen LogP contribution >= 0.6 is 0 Å². The number of nitrogens with zero attached hydrogens (tertiary/aromatic N) is 3. The summed E-state index contributed by atoms with van der Waals surface area (Å²) in [6.45, 7) is 4.51. The van der Waals surface area contributed by atoms with Crippen molar-refractivity contribution in [2.45, 2.75) is 20.4 Å². The number of aryl methyl sites for hydroxylation is 2. The summed E-state index contributed by atoms with van der Waals surface area (Å²) in [6, 6.07) is 19.9. The standard InChI is InChI=1S/C22H24N4O/c1-17-21(18(2)25(3)23-17)14-15-22(27)24-26(20-12-8-5-9-13-20)16-19-10-6-4-7-11-19/h4-15H,16H2,1-3H3,(H,24,27)/b15-14+. The molecular formula is C22H24N4O. The first-order valence-electron chi connectivity index (χ1n) is 8.90. The molecule has 1 heterocycles. The number of aromatic nitrogens is 2. The van der Waals surface area contributed by atoms with E-state index in [0.717, 1.165) is 28.2 Å². The zero-order chi connectivity index (χ0) is 19.2. The normalized spacial score (nSPS) is 10.9. The van der Waals surface area contributed by atoms with Gasteiger partial charge in [-0.25, -0.2) is 0 Å². The average Bonchev–Trinajstić information content (AvgIpc) is 2.92. The molecule has 0 unspecified atom stereocenters. The minimum absolute atomic E-state index is 0.183. The van der Waals surface area contributed by atoms with E-state index in [9.17, 15) is 4.79 Å². The van der Waals surface area contributed by atoms with Gasteiger partial charge in [0.1, 0.15) is 0 Å². The van der Waals surface area contributed by atoms with Gasteiger partial charge in [-0.2, -0.15) is 5.10 Å². The molecule has 5 heteroatoms. The van der Waals surface area contributed by atoms with Gasteiger partial charge in [0.15, 0.2) is 0 Å². The Morgan fingerprint density at radius 2 is 1.70 bits per heavy atom. The molecule has 0 saturated heterocycles. The fraction of sp³-hybridized carbons (Fsp3) is 0.182. The van der Waals surface area contributed by atoms with Gasteiger partial charge in [-0.1, -0.05) is 48.5 Å². The number of anilines is 1. The Bertz CT molecular complexity index is 930. The summed E-state index contributed by atoms with van der Waals surface area (Å²) in [6.07, 6.45) is 3.37. The molecule has 5 nitrogen and oxygen atoms in total. The molecule has 27 heavy (non-hydrogen) atoms. The number of amides is 1. The Labute approximate surface area is 159 Å². The smallest absolute Gasteiger partial charge is 0.262 e. The van der Waals surface area contributed by atoms with E-state index in [1.54, 1.807) is 6.08 Å². The van der Waals surface area contributed by atoms with Gasteiger partial charge in [-0.15, -0.1) is 0 Å². The fourth-order valence-corrected chi connectivity index (χ4v) is 2.93. The summed E-state index contributed by atoms with van der Waals surface area (Å²) in [5, 5.41) is 6.23. The molecule has 0 saturated carbocycles. The lowest BCUT2D eigenvalue weighted by Gasteiger charge is -2.25. The molecule has 0 atom stereocenters. The average molecular weight is 360 g/mol. The fourth-order valence-electron chi connectivity index (χ4n) is 2.93.